The molecule has 0 saturated carbocycles. The summed E-state index contributed by atoms with van der Waals surface area (Å²) in [6, 6.07) is 18.8. The van der Waals surface area contributed by atoms with Gasteiger partial charge in [0.25, 0.3) is 0 Å². The topological polar surface area (TPSA) is 21.3 Å². The summed E-state index contributed by atoms with van der Waals surface area (Å²) in [6.07, 6.45) is 19.8. The van der Waals surface area contributed by atoms with Crippen molar-refractivity contribution in [3.63, 3.8) is 0 Å². The van der Waals surface area contributed by atoms with E-state index >= 15 is 0 Å². The smallest absolute Gasteiger partial charge is 0.120 e. The highest BCUT2D eigenvalue weighted by atomic mass is 16.5. The standard InChI is InChI=1S/C30H47NO/c1-2-3-4-5-6-7-8-9-10-11-12-13-14-18-24-31-26-29-22-19-23-30(25-29)32-27-28-20-16-15-17-21-28/h15-17,19-23,25,31H,2-14,18,24,26-27H2,1H3. The largest absolute Gasteiger partial charge is 0.489 e. The van der Waals surface area contributed by atoms with Crippen LogP contribution >= 0.6 is 0 Å². The fourth-order valence-electron chi connectivity index (χ4n) is 4.16. The van der Waals surface area contributed by atoms with Crippen LogP contribution in [0.2, 0.25) is 0 Å². The molecule has 178 valence electrons. The van der Waals surface area contributed by atoms with E-state index in [0.717, 1.165) is 18.8 Å². The van der Waals surface area contributed by atoms with Crippen LogP contribution in [0.15, 0.2) is 54.6 Å². The second-order valence-electron chi connectivity index (χ2n) is 9.19. The van der Waals surface area contributed by atoms with Crippen LogP contribution < -0.4 is 10.1 Å². The van der Waals surface area contributed by atoms with Crippen molar-refractivity contribution in [3.05, 3.63) is 65.7 Å². The van der Waals surface area contributed by atoms with Crippen molar-refractivity contribution >= 4 is 0 Å². The van der Waals surface area contributed by atoms with Crippen LogP contribution in [0, 0.1) is 0 Å². The maximum absolute atomic E-state index is 5.94. The molecule has 0 fully saturated rings. The van der Waals surface area contributed by atoms with Gasteiger partial charge in [-0.25, -0.2) is 0 Å². The Morgan fingerprint density at radius 2 is 1.16 bits per heavy atom. The summed E-state index contributed by atoms with van der Waals surface area (Å²) in [5, 5.41) is 3.59. The third-order valence-corrected chi connectivity index (χ3v) is 6.18. The van der Waals surface area contributed by atoms with E-state index in [9.17, 15) is 0 Å². The van der Waals surface area contributed by atoms with Crippen molar-refractivity contribution in [2.75, 3.05) is 6.54 Å². The predicted molar refractivity (Wildman–Crippen MR) is 139 cm³/mol. The molecule has 2 aromatic carbocycles. The van der Waals surface area contributed by atoms with Gasteiger partial charge >= 0.3 is 0 Å². The van der Waals surface area contributed by atoms with Crippen molar-refractivity contribution in [1.82, 2.24) is 5.32 Å². The Morgan fingerprint density at radius 3 is 1.78 bits per heavy atom. The third kappa shape index (κ3) is 13.6. The summed E-state index contributed by atoms with van der Waals surface area (Å²) in [6.45, 7) is 4.94. The highest BCUT2D eigenvalue weighted by Crippen LogP contribution is 2.16. The Hall–Kier alpha value is -1.80. The van der Waals surface area contributed by atoms with E-state index in [1.54, 1.807) is 0 Å². The normalized spacial score (nSPS) is 11.0. The first-order chi connectivity index (χ1) is 15.9. The van der Waals surface area contributed by atoms with Gasteiger partial charge in [-0.15, -0.1) is 0 Å². The highest BCUT2D eigenvalue weighted by molar-refractivity contribution is 5.29. The summed E-state index contributed by atoms with van der Waals surface area (Å²) < 4.78 is 5.94. The maximum Gasteiger partial charge on any atom is 0.120 e. The number of hydrogen-bond acceptors (Lipinski definition) is 2. The SMILES string of the molecule is CCCCCCCCCCCCCCCCNCc1cccc(OCc2ccccc2)c1. The molecule has 0 spiro atoms. The monoisotopic (exact) mass is 437 g/mol. The molecule has 0 aliphatic heterocycles. The fraction of sp³-hybridized carbons (Fsp3) is 0.600. The first kappa shape index (κ1) is 26.5. The van der Waals surface area contributed by atoms with Crippen molar-refractivity contribution in [1.29, 1.82) is 0 Å². The predicted octanol–water partition coefficient (Wildman–Crippen LogP) is 8.84. The van der Waals surface area contributed by atoms with E-state index in [1.165, 1.54) is 101 Å². The van der Waals surface area contributed by atoms with E-state index in [4.69, 9.17) is 4.74 Å². The van der Waals surface area contributed by atoms with Crippen LogP contribution in [0.1, 0.15) is 108 Å². The second kappa shape index (κ2) is 18.7. The minimum absolute atomic E-state index is 0.622. The van der Waals surface area contributed by atoms with Crippen LogP contribution in [-0.2, 0) is 13.2 Å². The van der Waals surface area contributed by atoms with Crippen molar-refractivity contribution in [3.8, 4) is 5.75 Å². The minimum Gasteiger partial charge on any atom is -0.489 e. The zero-order chi connectivity index (χ0) is 22.5. The van der Waals surface area contributed by atoms with Crippen molar-refractivity contribution in [2.24, 2.45) is 0 Å². The number of benzene rings is 2. The van der Waals surface area contributed by atoms with Gasteiger partial charge in [-0.05, 0) is 36.2 Å². The van der Waals surface area contributed by atoms with Crippen LogP contribution in [0.4, 0.5) is 0 Å². The van der Waals surface area contributed by atoms with E-state index < -0.39 is 0 Å². The quantitative estimate of drug-likeness (QED) is 0.209. The molecule has 0 saturated heterocycles. The summed E-state index contributed by atoms with van der Waals surface area (Å²) in [5.41, 5.74) is 2.50. The fourth-order valence-corrected chi connectivity index (χ4v) is 4.16. The van der Waals surface area contributed by atoms with Crippen LogP contribution in [0.25, 0.3) is 0 Å². The van der Waals surface area contributed by atoms with Gasteiger partial charge in [-0.1, -0.05) is 133 Å². The van der Waals surface area contributed by atoms with Gasteiger partial charge in [0.1, 0.15) is 12.4 Å². The van der Waals surface area contributed by atoms with Gasteiger partial charge in [0, 0.05) is 6.54 Å². The average molecular weight is 438 g/mol. The number of nitrogens with one attached hydrogen (secondary N) is 1. The molecule has 0 unspecified atom stereocenters. The van der Waals surface area contributed by atoms with Gasteiger partial charge < -0.3 is 10.1 Å². The minimum atomic E-state index is 0.622. The molecule has 0 atom stereocenters. The molecule has 2 nitrogen and oxygen atoms in total. The molecule has 32 heavy (non-hydrogen) atoms. The highest BCUT2D eigenvalue weighted by Gasteiger charge is 1.99. The molecular formula is C30H47NO. The Labute approximate surface area is 198 Å². The first-order valence-electron chi connectivity index (χ1n) is 13.3. The molecule has 0 aliphatic carbocycles. The van der Waals surface area contributed by atoms with Crippen LogP contribution in [-0.4, -0.2) is 6.54 Å². The van der Waals surface area contributed by atoms with Crippen molar-refractivity contribution in [2.45, 2.75) is 110 Å². The molecular weight excluding hydrogens is 390 g/mol. The Morgan fingerprint density at radius 1 is 0.594 bits per heavy atom. The maximum atomic E-state index is 5.94. The molecule has 2 heteroatoms. The van der Waals surface area contributed by atoms with E-state index in [0.29, 0.717) is 6.61 Å². The van der Waals surface area contributed by atoms with Gasteiger partial charge in [-0.2, -0.15) is 0 Å². The molecule has 0 radical (unpaired) electrons. The van der Waals surface area contributed by atoms with E-state index in [-0.39, 0.29) is 0 Å². The number of ether oxygens (including phenoxy) is 1. The van der Waals surface area contributed by atoms with Gasteiger partial charge in [0.2, 0.25) is 0 Å². The average Bonchev–Trinajstić information content (AvgIpc) is 2.83. The molecule has 0 amide bonds. The lowest BCUT2D eigenvalue weighted by Crippen LogP contribution is -2.14. The van der Waals surface area contributed by atoms with E-state index in [2.05, 4.69) is 54.7 Å². The zero-order valence-corrected chi connectivity index (χ0v) is 20.6. The Kier molecular flexibility index (Phi) is 15.5. The summed E-state index contributed by atoms with van der Waals surface area (Å²) in [5.74, 6) is 0.949. The van der Waals surface area contributed by atoms with Gasteiger partial charge in [0.15, 0.2) is 0 Å². The zero-order valence-electron chi connectivity index (χ0n) is 20.6. The summed E-state index contributed by atoms with van der Waals surface area (Å²) in [4.78, 5) is 0. The second-order valence-corrected chi connectivity index (χ2v) is 9.19. The molecule has 0 bridgehead atoms. The Bertz CT molecular complexity index is 670. The van der Waals surface area contributed by atoms with Crippen LogP contribution in [0.5, 0.6) is 5.75 Å². The molecule has 0 aromatic heterocycles. The summed E-state index contributed by atoms with van der Waals surface area (Å²) in [7, 11) is 0. The first-order valence-corrected chi connectivity index (χ1v) is 13.3. The lowest BCUT2D eigenvalue weighted by molar-refractivity contribution is 0.306. The summed E-state index contributed by atoms with van der Waals surface area (Å²) >= 11 is 0. The van der Waals surface area contributed by atoms with E-state index in [1.807, 2.05) is 12.1 Å². The number of rotatable bonds is 20. The number of hydrogen-bond donors (Lipinski definition) is 1. The Balaban J connectivity index is 1.39. The number of unbranched alkanes of at least 4 members (excludes halogenated alkanes) is 13. The third-order valence-electron chi connectivity index (χ3n) is 6.18. The molecule has 1 N–H and O–H groups in total. The molecule has 2 rings (SSSR count). The molecule has 0 aliphatic rings. The van der Waals surface area contributed by atoms with Crippen LogP contribution in [0.3, 0.4) is 0 Å². The molecule has 0 heterocycles. The van der Waals surface area contributed by atoms with Crippen molar-refractivity contribution < 1.29 is 4.74 Å². The lowest BCUT2D eigenvalue weighted by atomic mass is 10.0. The van der Waals surface area contributed by atoms with Gasteiger partial charge in [0.05, 0.1) is 0 Å². The molecule has 2 aromatic rings. The lowest BCUT2D eigenvalue weighted by Gasteiger charge is -2.09. The van der Waals surface area contributed by atoms with Gasteiger partial charge in [-0.3, -0.25) is 0 Å².